The van der Waals surface area contributed by atoms with Gasteiger partial charge >= 0.3 is 0 Å². The summed E-state index contributed by atoms with van der Waals surface area (Å²) in [4.78, 5) is 52.6. The van der Waals surface area contributed by atoms with Crippen LogP contribution in [0.1, 0.15) is 62.7 Å². The molecule has 2 fully saturated rings. The molecule has 7 N–H and O–H groups in total. The van der Waals surface area contributed by atoms with Crippen molar-refractivity contribution in [3.8, 4) is 17.2 Å². The molecular weight excluding hydrogens is 652 g/mol. The van der Waals surface area contributed by atoms with E-state index in [9.17, 15) is 34.5 Å². The third-order valence-corrected chi connectivity index (χ3v) is 9.79. The smallest absolute Gasteiger partial charge is 0.233 e. The second-order valence-corrected chi connectivity index (χ2v) is 12.7. The predicted octanol–water partition coefficient (Wildman–Crippen LogP) is 0.00720. The standard InChI is InChI=1S/C24H25N3O7.C11H21NO4/c1-34-15-4-2-3-13-17(15)23(32)19-18(21(13)30)22(31)14-9-11(5-6-12(14)20(19)29)24(33)27-8-7-26-16(28)10-25;1-8-11(13)9(3-5-15-8)12-4-6-16-10(7-12)14-2/h2-4,11,29,31H,5-10,25H2,1H3,(H,26,28)(H,27,33);8-11,13H,3-7H2,1-2H3. The number of phenolic OH excluding ortho intramolecular Hbond substituents is 2. The molecule has 2 aromatic rings. The van der Waals surface area contributed by atoms with Gasteiger partial charge in [-0.15, -0.1) is 0 Å². The summed E-state index contributed by atoms with van der Waals surface area (Å²) < 4.78 is 21.3. The molecule has 0 saturated carbocycles. The number of nitrogens with one attached hydrogen (secondary N) is 2. The molecule has 272 valence electrons. The number of phenols is 2. The zero-order chi connectivity index (χ0) is 36.1. The van der Waals surface area contributed by atoms with Crippen LogP contribution < -0.4 is 21.1 Å². The fourth-order valence-electron chi connectivity index (χ4n) is 7.07. The number of ether oxygens (including phenoxy) is 4. The maximum Gasteiger partial charge on any atom is 0.233 e. The van der Waals surface area contributed by atoms with E-state index < -0.39 is 23.6 Å². The Morgan fingerprint density at radius 2 is 1.70 bits per heavy atom. The van der Waals surface area contributed by atoms with Crippen LogP contribution in [0.25, 0.3) is 0 Å². The Kier molecular flexibility index (Phi) is 12.1. The molecule has 15 nitrogen and oxygen atoms in total. The van der Waals surface area contributed by atoms with Gasteiger partial charge in [0.15, 0.2) is 12.1 Å². The Balaban J connectivity index is 0.000000253. The van der Waals surface area contributed by atoms with Gasteiger partial charge in [-0.05, 0) is 38.7 Å². The van der Waals surface area contributed by atoms with Crippen LogP contribution in [0.2, 0.25) is 0 Å². The summed E-state index contributed by atoms with van der Waals surface area (Å²) in [5.41, 5.74) is 5.49. The van der Waals surface area contributed by atoms with Crippen molar-refractivity contribution in [3.63, 3.8) is 0 Å². The summed E-state index contributed by atoms with van der Waals surface area (Å²) in [6.45, 7) is 5.18. The lowest BCUT2D eigenvalue weighted by Crippen LogP contribution is -2.57. The summed E-state index contributed by atoms with van der Waals surface area (Å²) in [5.74, 6) is -2.84. The molecule has 2 amide bonds. The zero-order valence-corrected chi connectivity index (χ0v) is 28.5. The average molecular weight is 699 g/mol. The number of ketones is 2. The number of methoxy groups -OCH3 is 2. The summed E-state index contributed by atoms with van der Waals surface area (Å²) >= 11 is 0. The Morgan fingerprint density at radius 3 is 2.42 bits per heavy atom. The molecule has 2 aromatic carbocycles. The molecule has 5 atom stereocenters. The number of fused-ring (bicyclic) bond motifs is 3. The van der Waals surface area contributed by atoms with E-state index in [-0.39, 0.29) is 108 Å². The van der Waals surface area contributed by atoms with Gasteiger partial charge in [-0.3, -0.25) is 24.1 Å². The lowest BCUT2D eigenvalue weighted by molar-refractivity contribution is -0.190. The van der Waals surface area contributed by atoms with Crippen molar-refractivity contribution in [1.82, 2.24) is 15.5 Å². The number of morpholine rings is 1. The van der Waals surface area contributed by atoms with E-state index >= 15 is 0 Å². The van der Waals surface area contributed by atoms with E-state index in [4.69, 9.17) is 24.7 Å². The SMILES string of the molecule is COC1CN(C2CCOC(C)C2O)CCO1.COc1cccc2c1C(=O)c1c(O)c3c(c(O)c1C2=O)CC(C(=O)NCCNC(=O)CN)CC3. The van der Waals surface area contributed by atoms with Crippen molar-refractivity contribution in [2.24, 2.45) is 11.7 Å². The van der Waals surface area contributed by atoms with Gasteiger partial charge in [0.05, 0.1) is 49.2 Å². The number of aliphatic hydroxyl groups excluding tert-OH is 1. The highest BCUT2D eigenvalue weighted by Gasteiger charge is 2.41. The second-order valence-electron chi connectivity index (χ2n) is 12.7. The Hall–Kier alpha value is -4.12. The molecule has 15 heteroatoms. The molecule has 0 radical (unpaired) electrons. The summed E-state index contributed by atoms with van der Waals surface area (Å²) in [5, 5.41) is 37.4. The van der Waals surface area contributed by atoms with Crippen molar-refractivity contribution >= 4 is 23.4 Å². The molecule has 2 aliphatic carbocycles. The van der Waals surface area contributed by atoms with E-state index in [2.05, 4.69) is 15.5 Å². The van der Waals surface area contributed by atoms with Gasteiger partial charge < -0.3 is 50.6 Å². The molecule has 4 aliphatic rings. The first kappa shape index (κ1) is 37.1. The Bertz CT molecular complexity index is 1620. The number of amides is 2. The Labute approximate surface area is 290 Å². The fraction of sp³-hybridized carbons (Fsp3) is 0.543. The number of nitrogens with zero attached hydrogens (tertiary/aromatic N) is 1. The number of nitrogens with two attached hydrogens (primary N) is 1. The molecule has 0 spiro atoms. The number of carbonyl (C=O) groups excluding carboxylic acids is 4. The molecule has 2 saturated heterocycles. The number of rotatable bonds is 8. The highest BCUT2D eigenvalue weighted by molar-refractivity contribution is 6.31. The number of hydrogen-bond donors (Lipinski definition) is 6. The van der Waals surface area contributed by atoms with Crippen LogP contribution in [0.4, 0.5) is 0 Å². The lowest BCUT2D eigenvalue weighted by atomic mass is 9.75. The van der Waals surface area contributed by atoms with Crippen molar-refractivity contribution in [2.75, 3.05) is 60.2 Å². The number of carbonyl (C=O) groups is 4. The monoisotopic (exact) mass is 698 g/mol. The second kappa shape index (κ2) is 16.3. The quantitative estimate of drug-likeness (QED) is 0.135. The van der Waals surface area contributed by atoms with Gasteiger partial charge in [0.1, 0.15) is 17.2 Å². The van der Waals surface area contributed by atoms with Crippen molar-refractivity contribution in [3.05, 3.63) is 51.6 Å². The highest BCUT2D eigenvalue weighted by atomic mass is 16.7. The van der Waals surface area contributed by atoms with Gasteiger partial charge in [0.2, 0.25) is 17.6 Å². The molecule has 50 heavy (non-hydrogen) atoms. The van der Waals surface area contributed by atoms with E-state index in [0.717, 1.165) is 26.1 Å². The van der Waals surface area contributed by atoms with Crippen LogP contribution in [0.3, 0.4) is 0 Å². The minimum atomic E-state index is -0.600. The van der Waals surface area contributed by atoms with Crippen LogP contribution >= 0.6 is 0 Å². The fourth-order valence-corrected chi connectivity index (χ4v) is 7.07. The molecular formula is C35H46N4O11. The number of hydrogen-bond acceptors (Lipinski definition) is 13. The number of aromatic hydroxyl groups is 2. The van der Waals surface area contributed by atoms with Gasteiger partial charge in [0.25, 0.3) is 0 Å². The maximum atomic E-state index is 13.3. The topological polar surface area (TPSA) is 219 Å². The lowest BCUT2D eigenvalue weighted by Gasteiger charge is -2.43. The van der Waals surface area contributed by atoms with E-state index in [1.807, 2.05) is 6.92 Å². The van der Waals surface area contributed by atoms with Gasteiger partial charge in [-0.1, -0.05) is 12.1 Å². The molecule has 5 unspecified atom stereocenters. The van der Waals surface area contributed by atoms with Gasteiger partial charge in [-0.2, -0.15) is 0 Å². The minimum Gasteiger partial charge on any atom is -0.507 e. The summed E-state index contributed by atoms with van der Waals surface area (Å²) in [7, 11) is 3.03. The van der Waals surface area contributed by atoms with Crippen molar-refractivity contribution < 1.29 is 53.4 Å². The normalized spacial score (nSPS) is 24.5. The van der Waals surface area contributed by atoms with Crippen LogP contribution in [0.5, 0.6) is 17.2 Å². The molecule has 2 heterocycles. The average Bonchev–Trinajstić information content (AvgIpc) is 3.14. The third kappa shape index (κ3) is 7.48. The first-order valence-electron chi connectivity index (χ1n) is 16.8. The number of aliphatic hydroxyl groups is 1. The molecule has 0 aromatic heterocycles. The summed E-state index contributed by atoms with van der Waals surface area (Å²) in [6, 6.07) is 4.76. The van der Waals surface area contributed by atoms with Crippen LogP contribution in [-0.2, 0) is 36.6 Å². The van der Waals surface area contributed by atoms with Crippen molar-refractivity contribution in [2.45, 2.75) is 57.1 Å². The van der Waals surface area contributed by atoms with Gasteiger partial charge in [-0.25, -0.2) is 0 Å². The number of benzene rings is 2. The molecule has 2 aliphatic heterocycles. The van der Waals surface area contributed by atoms with Crippen LogP contribution in [0, 0.1) is 5.92 Å². The van der Waals surface area contributed by atoms with Crippen LogP contribution in [0.15, 0.2) is 18.2 Å². The third-order valence-electron chi connectivity index (χ3n) is 9.79. The first-order chi connectivity index (χ1) is 24.0. The largest absolute Gasteiger partial charge is 0.507 e. The maximum absolute atomic E-state index is 13.3. The van der Waals surface area contributed by atoms with E-state index in [0.29, 0.717) is 18.6 Å². The highest BCUT2D eigenvalue weighted by Crippen LogP contribution is 2.47. The van der Waals surface area contributed by atoms with E-state index in [1.165, 1.54) is 13.2 Å². The zero-order valence-electron chi connectivity index (χ0n) is 28.5. The molecule has 0 bridgehead atoms. The molecule has 6 rings (SSSR count). The minimum absolute atomic E-state index is 0.0481. The summed E-state index contributed by atoms with van der Waals surface area (Å²) in [6.07, 6.45) is 0.926. The van der Waals surface area contributed by atoms with Crippen LogP contribution in [-0.4, -0.2) is 128 Å². The van der Waals surface area contributed by atoms with Crippen molar-refractivity contribution in [1.29, 1.82) is 0 Å². The predicted molar refractivity (Wildman–Crippen MR) is 178 cm³/mol. The first-order valence-corrected chi connectivity index (χ1v) is 16.8. The van der Waals surface area contributed by atoms with Gasteiger partial charge in [0, 0.05) is 68.5 Å². The van der Waals surface area contributed by atoms with E-state index in [1.54, 1.807) is 19.2 Å². The Morgan fingerprint density at radius 1 is 0.980 bits per heavy atom.